The standard InChI is InChI=1S/C19H20Cl2N4O3/c1-13-2-3-14(20)10-18(13)24-8-6-23(7-9-24)12-19(26)22-17-5-4-15(25(27)28)11-16(17)21/h2-5,10-11H,6-9,12H2,1H3,(H,22,26). The zero-order chi connectivity index (χ0) is 20.3. The molecule has 2 aromatic rings. The molecule has 1 fully saturated rings. The molecule has 2 aromatic carbocycles. The van der Waals surface area contributed by atoms with Crippen molar-refractivity contribution in [3.8, 4) is 0 Å². The van der Waals surface area contributed by atoms with E-state index in [1.54, 1.807) is 0 Å². The van der Waals surface area contributed by atoms with Gasteiger partial charge in [-0.3, -0.25) is 19.8 Å². The second kappa shape index (κ2) is 8.77. The predicted octanol–water partition coefficient (Wildman–Crippen LogP) is 3.97. The number of anilines is 2. The van der Waals surface area contributed by atoms with Crippen LogP contribution in [0.5, 0.6) is 0 Å². The van der Waals surface area contributed by atoms with Gasteiger partial charge in [-0.2, -0.15) is 0 Å². The first kappa shape index (κ1) is 20.4. The maximum Gasteiger partial charge on any atom is 0.271 e. The normalized spacial score (nSPS) is 14.8. The Kier molecular flexibility index (Phi) is 6.39. The zero-order valence-electron chi connectivity index (χ0n) is 15.3. The van der Waals surface area contributed by atoms with Crippen molar-refractivity contribution in [2.24, 2.45) is 0 Å². The molecule has 0 saturated carbocycles. The molecule has 0 atom stereocenters. The van der Waals surface area contributed by atoms with E-state index in [2.05, 4.69) is 22.0 Å². The average molecular weight is 423 g/mol. The molecule has 1 saturated heterocycles. The number of hydrogen-bond donors (Lipinski definition) is 1. The number of halogens is 2. The van der Waals surface area contributed by atoms with E-state index in [1.807, 2.05) is 18.2 Å². The highest BCUT2D eigenvalue weighted by molar-refractivity contribution is 6.34. The van der Waals surface area contributed by atoms with Crippen LogP contribution in [0, 0.1) is 17.0 Å². The highest BCUT2D eigenvalue weighted by atomic mass is 35.5. The van der Waals surface area contributed by atoms with Crippen LogP contribution >= 0.6 is 23.2 Å². The predicted molar refractivity (Wildman–Crippen MR) is 112 cm³/mol. The molecule has 0 radical (unpaired) electrons. The number of nitrogens with zero attached hydrogens (tertiary/aromatic N) is 3. The van der Waals surface area contributed by atoms with Gasteiger partial charge in [0, 0.05) is 49.0 Å². The van der Waals surface area contributed by atoms with E-state index in [1.165, 1.54) is 23.8 Å². The lowest BCUT2D eigenvalue weighted by molar-refractivity contribution is -0.384. The van der Waals surface area contributed by atoms with Gasteiger partial charge in [-0.1, -0.05) is 29.3 Å². The number of rotatable bonds is 5. The van der Waals surface area contributed by atoms with Gasteiger partial charge in [0.25, 0.3) is 5.69 Å². The van der Waals surface area contributed by atoms with Crippen LogP contribution in [0.2, 0.25) is 10.0 Å². The van der Waals surface area contributed by atoms with Crippen molar-refractivity contribution in [3.05, 3.63) is 62.1 Å². The maximum atomic E-state index is 12.3. The Morgan fingerprint density at radius 2 is 1.86 bits per heavy atom. The van der Waals surface area contributed by atoms with Crippen molar-refractivity contribution in [2.45, 2.75) is 6.92 Å². The Morgan fingerprint density at radius 3 is 2.50 bits per heavy atom. The Labute approximate surface area is 173 Å². The summed E-state index contributed by atoms with van der Waals surface area (Å²) in [5, 5.41) is 14.3. The molecule has 148 valence electrons. The Hall–Kier alpha value is -2.35. The maximum absolute atomic E-state index is 12.3. The Balaban J connectivity index is 1.54. The molecule has 1 aliphatic heterocycles. The van der Waals surface area contributed by atoms with Crippen LogP contribution in [0.25, 0.3) is 0 Å². The fourth-order valence-corrected chi connectivity index (χ4v) is 3.57. The summed E-state index contributed by atoms with van der Waals surface area (Å²) in [6.45, 7) is 5.37. The molecule has 0 aromatic heterocycles. The van der Waals surface area contributed by atoms with Crippen molar-refractivity contribution < 1.29 is 9.72 Å². The molecule has 1 aliphatic rings. The quantitative estimate of drug-likeness (QED) is 0.582. The van der Waals surface area contributed by atoms with Gasteiger partial charge in [0.15, 0.2) is 0 Å². The zero-order valence-corrected chi connectivity index (χ0v) is 16.8. The van der Waals surface area contributed by atoms with Crippen molar-refractivity contribution >= 4 is 46.2 Å². The van der Waals surface area contributed by atoms with Crippen molar-refractivity contribution in [1.82, 2.24) is 4.90 Å². The van der Waals surface area contributed by atoms with Crippen LogP contribution in [-0.4, -0.2) is 48.5 Å². The lowest BCUT2D eigenvalue weighted by Gasteiger charge is -2.36. The van der Waals surface area contributed by atoms with Crippen LogP contribution in [0.4, 0.5) is 17.1 Å². The lowest BCUT2D eigenvalue weighted by atomic mass is 10.1. The van der Waals surface area contributed by atoms with Crippen molar-refractivity contribution in [3.63, 3.8) is 0 Å². The summed E-state index contributed by atoms with van der Waals surface area (Å²) >= 11 is 12.1. The summed E-state index contributed by atoms with van der Waals surface area (Å²) in [4.78, 5) is 26.9. The van der Waals surface area contributed by atoms with Gasteiger partial charge >= 0.3 is 0 Å². The second-order valence-corrected chi connectivity index (χ2v) is 7.51. The molecule has 0 aliphatic carbocycles. The molecule has 28 heavy (non-hydrogen) atoms. The molecule has 0 unspecified atom stereocenters. The summed E-state index contributed by atoms with van der Waals surface area (Å²) in [5.74, 6) is -0.205. The van der Waals surface area contributed by atoms with Gasteiger partial charge in [-0.25, -0.2) is 0 Å². The molecule has 1 amide bonds. The average Bonchev–Trinajstić information content (AvgIpc) is 2.66. The molecule has 1 N–H and O–H groups in total. The molecular formula is C19H20Cl2N4O3. The Bertz CT molecular complexity index is 899. The van der Waals surface area contributed by atoms with Crippen LogP contribution in [-0.2, 0) is 4.79 Å². The number of amides is 1. The van der Waals surface area contributed by atoms with Gasteiger partial charge in [-0.15, -0.1) is 0 Å². The molecule has 9 heteroatoms. The summed E-state index contributed by atoms with van der Waals surface area (Å²) in [5.41, 5.74) is 2.54. The summed E-state index contributed by atoms with van der Waals surface area (Å²) < 4.78 is 0. The van der Waals surface area contributed by atoms with Crippen LogP contribution in [0.15, 0.2) is 36.4 Å². The minimum Gasteiger partial charge on any atom is -0.369 e. The van der Waals surface area contributed by atoms with E-state index >= 15 is 0 Å². The fraction of sp³-hybridized carbons (Fsp3) is 0.316. The van der Waals surface area contributed by atoms with E-state index in [0.717, 1.165) is 31.9 Å². The van der Waals surface area contributed by atoms with Crippen LogP contribution < -0.4 is 10.2 Å². The number of piperazine rings is 1. The molecule has 3 rings (SSSR count). The SMILES string of the molecule is Cc1ccc(Cl)cc1N1CCN(CC(=O)Nc2ccc([N+](=O)[O-])cc2Cl)CC1. The van der Waals surface area contributed by atoms with Gasteiger partial charge in [0.2, 0.25) is 5.91 Å². The molecule has 0 spiro atoms. The monoisotopic (exact) mass is 422 g/mol. The number of carbonyl (C=O) groups is 1. The van der Waals surface area contributed by atoms with E-state index in [0.29, 0.717) is 10.7 Å². The molecular weight excluding hydrogens is 403 g/mol. The topological polar surface area (TPSA) is 78.7 Å². The summed E-state index contributed by atoms with van der Waals surface area (Å²) in [6.07, 6.45) is 0. The number of nitro benzene ring substituents is 1. The molecule has 1 heterocycles. The Morgan fingerprint density at radius 1 is 1.14 bits per heavy atom. The van der Waals surface area contributed by atoms with Crippen molar-refractivity contribution in [1.29, 1.82) is 0 Å². The fourth-order valence-electron chi connectivity index (χ4n) is 3.18. The van der Waals surface area contributed by atoms with Gasteiger partial charge in [0.05, 0.1) is 22.2 Å². The third kappa shape index (κ3) is 4.92. The first-order valence-corrected chi connectivity index (χ1v) is 9.56. The van der Waals surface area contributed by atoms with Gasteiger partial charge < -0.3 is 10.2 Å². The highest BCUT2D eigenvalue weighted by Crippen LogP contribution is 2.27. The second-order valence-electron chi connectivity index (χ2n) is 6.66. The number of nitro groups is 1. The molecule has 7 nitrogen and oxygen atoms in total. The third-order valence-corrected chi connectivity index (χ3v) is 5.24. The van der Waals surface area contributed by atoms with Crippen molar-refractivity contribution in [2.75, 3.05) is 42.9 Å². The van der Waals surface area contributed by atoms with Gasteiger partial charge in [0.1, 0.15) is 0 Å². The summed E-state index contributed by atoms with van der Waals surface area (Å²) in [6, 6.07) is 9.83. The lowest BCUT2D eigenvalue weighted by Crippen LogP contribution is -2.48. The minimum absolute atomic E-state index is 0.115. The van der Waals surface area contributed by atoms with E-state index in [9.17, 15) is 14.9 Å². The smallest absolute Gasteiger partial charge is 0.271 e. The molecule has 0 bridgehead atoms. The minimum atomic E-state index is -0.529. The van der Waals surface area contributed by atoms with E-state index in [-0.39, 0.29) is 23.2 Å². The van der Waals surface area contributed by atoms with Gasteiger partial charge in [-0.05, 0) is 30.7 Å². The van der Waals surface area contributed by atoms with Crippen LogP contribution in [0.3, 0.4) is 0 Å². The number of benzene rings is 2. The highest BCUT2D eigenvalue weighted by Gasteiger charge is 2.21. The first-order valence-electron chi connectivity index (χ1n) is 8.81. The third-order valence-electron chi connectivity index (χ3n) is 4.69. The number of carbonyl (C=O) groups excluding carboxylic acids is 1. The van der Waals surface area contributed by atoms with E-state index < -0.39 is 4.92 Å². The largest absolute Gasteiger partial charge is 0.369 e. The van der Waals surface area contributed by atoms with E-state index in [4.69, 9.17) is 23.2 Å². The number of hydrogen-bond acceptors (Lipinski definition) is 5. The number of nitrogens with one attached hydrogen (secondary N) is 1. The number of aryl methyl sites for hydroxylation is 1. The summed E-state index contributed by atoms with van der Waals surface area (Å²) in [7, 11) is 0. The first-order chi connectivity index (χ1) is 13.3. The van der Waals surface area contributed by atoms with Crippen LogP contribution in [0.1, 0.15) is 5.56 Å². The number of non-ortho nitro benzene ring substituents is 1.